The molecule has 0 unspecified atom stereocenters. The van der Waals surface area contributed by atoms with Crippen molar-refractivity contribution in [3.05, 3.63) is 110 Å². The second-order valence-electron chi connectivity index (χ2n) is 7.08. The predicted molar refractivity (Wildman–Crippen MR) is 126 cm³/mol. The molecule has 10 nitrogen and oxygen atoms in total. The van der Waals surface area contributed by atoms with Crippen molar-refractivity contribution in [2.24, 2.45) is 4.99 Å². The van der Waals surface area contributed by atoms with Crippen molar-refractivity contribution in [2.75, 3.05) is 7.05 Å². The molecule has 2 aromatic carbocycles. The first-order valence-electron chi connectivity index (χ1n) is 10.1. The number of hydrogen-bond acceptors (Lipinski definition) is 6. The molecule has 2 aromatic heterocycles. The summed E-state index contributed by atoms with van der Waals surface area (Å²) in [5.41, 5.74) is 0.347. The number of carbonyl (C=O) groups is 1. The monoisotopic (exact) mass is 478 g/mol. The number of amides is 1. The number of H-pyrrole nitrogens is 2. The van der Waals surface area contributed by atoms with Gasteiger partial charge in [-0.05, 0) is 48.0 Å². The van der Waals surface area contributed by atoms with Gasteiger partial charge in [0.15, 0.2) is 0 Å². The number of rotatable bonds is 6. The second-order valence-corrected chi connectivity index (χ2v) is 7.52. The lowest BCUT2D eigenvalue weighted by Gasteiger charge is -2.08. The summed E-state index contributed by atoms with van der Waals surface area (Å²) in [6.07, 6.45) is 1.48. The summed E-state index contributed by atoms with van der Waals surface area (Å²) in [5, 5.41) is 3.08. The molecular formula is C23H19ClN6O4. The maximum Gasteiger partial charge on any atom is 0.332 e. The molecule has 0 aliphatic heterocycles. The minimum absolute atomic E-state index is 0.0849. The van der Waals surface area contributed by atoms with E-state index in [1.807, 2.05) is 0 Å². The zero-order valence-electron chi connectivity index (χ0n) is 17.9. The van der Waals surface area contributed by atoms with Crippen LogP contribution in [0.1, 0.15) is 16.1 Å². The smallest absolute Gasteiger partial charge is 0.332 e. The number of aromatic amines is 2. The maximum atomic E-state index is 12.4. The highest BCUT2D eigenvalue weighted by Gasteiger charge is 2.07. The van der Waals surface area contributed by atoms with E-state index in [2.05, 4.69) is 25.3 Å². The van der Waals surface area contributed by atoms with Crippen molar-refractivity contribution in [1.82, 2.24) is 24.8 Å². The fraction of sp³-hybridized carbons (Fsp3) is 0.0870. The Labute approximate surface area is 197 Å². The number of nitrogens with zero attached hydrogens (tertiary/aromatic N) is 3. The number of halogens is 1. The molecule has 0 bridgehead atoms. The fourth-order valence-electron chi connectivity index (χ4n) is 3.04. The molecule has 0 atom stereocenters. The molecule has 11 heteroatoms. The van der Waals surface area contributed by atoms with E-state index in [9.17, 15) is 14.4 Å². The van der Waals surface area contributed by atoms with Gasteiger partial charge in [-0.2, -0.15) is 0 Å². The van der Waals surface area contributed by atoms with E-state index in [1.165, 1.54) is 23.9 Å². The van der Waals surface area contributed by atoms with E-state index in [4.69, 9.17) is 16.3 Å². The second kappa shape index (κ2) is 10.0. The third kappa shape index (κ3) is 5.48. The molecule has 0 saturated heterocycles. The first-order valence-corrected chi connectivity index (χ1v) is 10.5. The molecule has 0 spiro atoms. The molecular weight excluding hydrogens is 460 g/mol. The van der Waals surface area contributed by atoms with Crippen LogP contribution in [0.3, 0.4) is 0 Å². The van der Waals surface area contributed by atoms with E-state index in [1.54, 1.807) is 54.6 Å². The zero-order valence-corrected chi connectivity index (χ0v) is 18.7. The van der Waals surface area contributed by atoms with Crippen LogP contribution in [0.5, 0.6) is 11.5 Å². The van der Waals surface area contributed by atoms with Crippen molar-refractivity contribution in [1.29, 1.82) is 0 Å². The van der Waals surface area contributed by atoms with E-state index < -0.39 is 11.4 Å². The summed E-state index contributed by atoms with van der Waals surface area (Å²) in [6, 6.07) is 16.8. The van der Waals surface area contributed by atoms with Crippen LogP contribution in [0.4, 0.5) is 5.69 Å². The van der Waals surface area contributed by atoms with E-state index in [0.717, 1.165) is 5.56 Å². The van der Waals surface area contributed by atoms with Crippen LogP contribution in [-0.4, -0.2) is 32.5 Å². The molecule has 4 rings (SSSR count). The van der Waals surface area contributed by atoms with Crippen LogP contribution in [0.2, 0.25) is 5.02 Å². The molecule has 34 heavy (non-hydrogen) atoms. The minimum atomic E-state index is -0.666. The summed E-state index contributed by atoms with van der Waals surface area (Å²) in [6.45, 7) is 0.180. The van der Waals surface area contributed by atoms with E-state index >= 15 is 0 Å². The Morgan fingerprint density at radius 3 is 2.50 bits per heavy atom. The highest BCUT2D eigenvalue weighted by atomic mass is 35.5. The van der Waals surface area contributed by atoms with Crippen molar-refractivity contribution >= 4 is 23.2 Å². The van der Waals surface area contributed by atoms with Gasteiger partial charge in [0.1, 0.15) is 17.2 Å². The Balaban J connectivity index is 1.61. The van der Waals surface area contributed by atoms with Gasteiger partial charge in [-0.1, -0.05) is 23.7 Å². The van der Waals surface area contributed by atoms with Gasteiger partial charge in [0.25, 0.3) is 5.91 Å². The fourth-order valence-corrected chi connectivity index (χ4v) is 3.17. The number of carbonyl (C=O) groups excluding carboxylic acids is 1. The van der Waals surface area contributed by atoms with E-state index in [0.29, 0.717) is 22.2 Å². The third-order valence-corrected chi connectivity index (χ3v) is 4.95. The van der Waals surface area contributed by atoms with Gasteiger partial charge in [0.2, 0.25) is 5.62 Å². The molecule has 2 heterocycles. The Hall–Kier alpha value is -4.44. The predicted octanol–water partition coefficient (Wildman–Crippen LogP) is 2.35. The normalized spacial score (nSPS) is 11.3. The molecule has 0 aliphatic carbocycles. The molecule has 172 valence electrons. The summed E-state index contributed by atoms with van der Waals surface area (Å²) in [7, 11) is 1.52. The average Bonchev–Trinajstić information content (AvgIpc) is 2.83. The van der Waals surface area contributed by atoms with Crippen molar-refractivity contribution in [3.8, 4) is 11.5 Å². The summed E-state index contributed by atoms with van der Waals surface area (Å²) >= 11 is 5.93. The van der Waals surface area contributed by atoms with Gasteiger partial charge in [0, 0.05) is 24.3 Å². The first kappa shape index (κ1) is 22.7. The van der Waals surface area contributed by atoms with Crippen LogP contribution in [-0.2, 0) is 6.54 Å². The lowest BCUT2D eigenvalue weighted by Crippen LogP contribution is -2.44. The number of nitrogens with one attached hydrogen (secondary N) is 3. The Bertz CT molecular complexity index is 1500. The molecule has 4 aromatic rings. The van der Waals surface area contributed by atoms with Gasteiger partial charge in [0.05, 0.1) is 12.2 Å². The van der Waals surface area contributed by atoms with Crippen molar-refractivity contribution in [3.63, 3.8) is 0 Å². The highest BCUT2D eigenvalue weighted by Crippen LogP contribution is 2.24. The largest absolute Gasteiger partial charge is 0.457 e. The first-order chi connectivity index (χ1) is 16.4. The lowest BCUT2D eigenvalue weighted by molar-refractivity contribution is 0.0958. The molecule has 0 radical (unpaired) electrons. The van der Waals surface area contributed by atoms with Crippen molar-refractivity contribution < 1.29 is 9.53 Å². The van der Waals surface area contributed by atoms with Crippen LogP contribution < -0.4 is 27.1 Å². The van der Waals surface area contributed by atoms with Crippen LogP contribution in [0.25, 0.3) is 0 Å². The van der Waals surface area contributed by atoms with Gasteiger partial charge in [-0.15, -0.1) is 0 Å². The SMILES string of the molecule is CNC(=O)c1cc(Oc2ccc(/N=c3\[nH]c(=O)[nH]c(=O)n3Cc3ccc(Cl)cc3)cc2)ccn1. The van der Waals surface area contributed by atoms with E-state index in [-0.39, 0.29) is 23.8 Å². The third-order valence-electron chi connectivity index (χ3n) is 4.70. The van der Waals surface area contributed by atoms with Gasteiger partial charge >= 0.3 is 11.4 Å². The topological polar surface area (TPSA) is 134 Å². The average molecular weight is 479 g/mol. The van der Waals surface area contributed by atoms with Crippen molar-refractivity contribution in [2.45, 2.75) is 6.54 Å². The molecule has 1 amide bonds. The minimum Gasteiger partial charge on any atom is -0.457 e. The number of hydrogen-bond donors (Lipinski definition) is 3. The standard InChI is InChI=1S/C23H19ClN6O4/c1-25-20(31)19-12-18(10-11-26-19)34-17-8-6-16(7-9-17)27-21-28-22(32)29-23(33)30(21)13-14-2-4-15(24)5-3-14/h2-12H,13H2,1H3,(H,25,31)(H2,27,28,29,32,33). The molecule has 0 fully saturated rings. The Morgan fingerprint density at radius 2 is 1.79 bits per heavy atom. The maximum absolute atomic E-state index is 12.4. The van der Waals surface area contributed by atoms with Gasteiger partial charge in [-0.3, -0.25) is 24.3 Å². The van der Waals surface area contributed by atoms with Crippen LogP contribution >= 0.6 is 11.6 Å². The highest BCUT2D eigenvalue weighted by molar-refractivity contribution is 6.30. The molecule has 0 aliphatic rings. The number of ether oxygens (including phenoxy) is 1. The Morgan fingerprint density at radius 1 is 1.06 bits per heavy atom. The summed E-state index contributed by atoms with van der Waals surface area (Å²) < 4.78 is 7.09. The summed E-state index contributed by atoms with van der Waals surface area (Å²) in [5.74, 6) is 0.623. The van der Waals surface area contributed by atoms with Gasteiger partial charge in [-0.25, -0.2) is 14.6 Å². The molecule has 0 saturated carbocycles. The van der Waals surface area contributed by atoms with Crippen LogP contribution in [0, 0.1) is 0 Å². The van der Waals surface area contributed by atoms with Gasteiger partial charge < -0.3 is 10.1 Å². The molecule has 3 N–H and O–H groups in total. The quantitative estimate of drug-likeness (QED) is 0.391. The lowest BCUT2D eigenvalue weighted by atomic mass is 10.2. The number of aromatic nitrogens is 4. The zero-order chi connectivity index (χ0) is 24.1. The summed E-state index contributed by atoms with van der Waals surface area (Å²) in [4.78, 5) is 49.2. The number of benzene rings is 2. The Kier molecular flexibility index (Phi) is 6.69. The van der Waals surface area contributed by atoms with Crippen LogP contribution in [0.15, 0.2) is 81.4 Å². The number of pyridine rings is 1.